The van der Waals surface area contributed by atoms with Gasteiger partial charge in [-0.1, -0.05) is 6.07 Å². The molecule has 1 heterocycles. The molecule has 0 radical (unpaired) electrons. The van der Waals surface area contributed by atoms with Gasteiger partial charge in [0.25, 0.3) is 0 Å². The SMILES string of the molecule is COCCN(Cc1cccnc1N(C)C(C)=O)C(=O)OCO. The lowest BCUT2D eigenvalue weighted by atomic mass is 10.2. The smallest absolute Gasteiger partial charge is 0.412 e. The number of nitrogens with zero attached hydrogens (tertiary/aromatic N) is 3. The fourth-order valence-corrected chi connectivity index (χ4v) is 1.79. The van der Waals surface area contributed by atoms with Crippen LogP contribution >= 0.6 is 0 Å². The first-order chi connectivity index (χ1) is 10.5. The number of pyridine rings is 1. The first kappa shape index (κ1) is 17.9. The van der Waals surface area contributed by atoms with E-state index in [9.17, 15) is 9.59 Å². The Morgan fingerprint density at radius 2 is 2.14 bits per heavy atom. The number of rotatable bonds is 7. The molecule has 0 saturated heterocycles. The van der Waals surface area contributed by atoms with Crippen LogP contribution in [-0.4, -0.2) is 61.1 Å². The van der Waals surface area contributed by atoms with Crippen molar-refractivity contribution in [2.24, 2.45) is 0 Å². The van der Waals surface area contributed by atoms with Crippen molar-refractivity contribution in [2.75, 3.05) is 39.0 Å². The number of hydrogen-bond acceptors (Lipinski definition) is 6. The Labute approximate surface area is 129 Å². The molecule has 8 heteroatoms. The van der Waals surface area contributed by atoms with Gasteiger partial charge < -0.3 is 19.5 Å². The maximum atomic E-state index is 11.9. The van der Waals surface area contributed by atoms with Crippen LogP contribution in [-0.2, 0) is 20.8 Å². The fraction of sp³-hybridized carbons (Fsp3) is 0.500. The summed E-state index contributed by atoms with van der Waals surface area (Å²) in [5.74, 6) is 0.301. The first-order valence-electron chi connectivity index (χ1n) is 6.71. The van der Waals surface area contributed by atoms with E-state index in [-0.39, 0.29) is 19.0 Å². The number of carbonyl (C=O) groups is 2. The molecule has 122 valence electrons. The molecule has 0 fully saturated rings. The van der Waals surface area contributed by atoms with Crippen molar-refractivity contribution < 1.29 is 24.2 Å². The van der Waals surface area contributed by atoms with Crippen molar-refractivity contribution in [1.82, 2.24) is 9.88 Å². The Morgan fingerprint density at radius 1 is 1.41 bits per heavy atom. The summed E-state index contributed by atoms with van der Waals surface area (Å²) in [7, 11) is 3.13. The van der Waals surface area contributed by atoms with Crippen LogP contribution in [0.25, 0.3) is 0 Å². The molecule has 1 aromatic rings. The standard InChI is InChI=1S/C14H21N3O5/c1-11(19)16(2)13-12(5-4-6-15-13)9-17(7-8-21-3)14(20)22-10-18/h4-6,18H,7-10H2,1-3H3. The Balaban J connectivity index is 2.97. The summed E-state index contributed by atoms with van der Waals surface area (Å²) >= 11 is 0. The third-order valence-corrected chi connectivity index (χ3v) is 3.03. The summed E-state index contributed by atoms with van der Waals surface area (Å²) in [5.41, 5.74) is 0.686. The number of aliphatic hydroxyl groups is 1. The van der Waals surface area contributed by atoms with Gasteiger partial charge in [-0.05, 0) is 6.07 Å². The highest BCUT2D eigenvalue weighted by atomic mass is 16.6. The second-order valence-electron chi connectivity index (χ2n) is 4.52. The molecule has 0 unspecified atom stereocenters. The summed E-state index contributed by atoms with van der Waals surface area (Å²) < 4.78 is 9.57. The predicted octanol–water partition coefficient (Wildman–Crippen LogP) is 0.599. The minimum atomic E-state index is -0.699. The van der Waals surface area contributed by atoms with E-state index in [2.05, 4.69) is 9.72 Å². The molecule has 0 atom stereocenters. The minimum absolute atomic E-state index is 0.165. The average Bonchev–Trinajstić information content (AvgIpc) is 2.51. The number of carbonyl (C=O) groups excluding carboxylic acids is 2. The second-order valence-corrected chi connectivity index (χ2v) is 4.52. The lowest BCUT2D eigenvalue weighted by molar-refractivity contribution is -0.116. The highest BCUT2D eigenvalue weighted by molar-refractivity contribution is 5.90. The Morgan fingerprint density at radius 3 is 2.73 bits per heavy atom. The van der Waals surface area contributed by atoms with Crippen LogP contribution in [0, 0.1) is 0 Å². The molecule has 0 aromatic carbocycles. The van der Waals surface area contributed by atoms with E-state index in [1.54, 1.807) is 25.4 Å². The maximum absolute atomic E-state index is 11.9. The highest BCUT2D eigenvalue weighted by Gasteiger charge is 2.19. The van der Waals surface area contributed by atoms with Gasteiger partial charge in [0.15, 0.2) is 6.79 Å². The third-order valence-electron chi connectivity index (χ3n) is 3.03. The molecule has 0 aliphatic heterocycles. The molecule has 0 saturated carbocycles. The van der Waals surface area contributed by atoms with E-state index in [0.29, 0.717) is 18.0 Å². The maximum Gasteiger partial charge on any atom is 0.412 e. The summed E-state index contributed by atoms with van der Waals surface area (Å²) in [6.07, 6.45) is 0.906. The molecule has 8 nitrogen and oxygen atoms in total. The van der Waals surface area contributed by atoms with Gasteiger partial charge in [0.05, 0.1) is 13.2 Å². The topological polar surface area (TPSA) is 92.2 Å². The summed E-state index contributed by atoms with van der Waals surface area (Å²) in [5, 5.41) is 8.73. The number of anilines is 1. The van der Waals surface area contributed by atoms with Crippen LogP contribution in [0.2, 0.25) is 0 Å². The van der Waals surface area contributed by atoms with Crippen molar-refractivity contribution in [2.45, 2.75) is 13.5 Å². The Bertz CT molecular complexity index is 509. The lowest BCUT2D eigenvalue weighted by Gasteiger charge is -2.24. The van der Waals surface area contributed by atoms with Crippen molar-refractivity contribution in [3.8, 4) is 0 Å². The van der Waals surface area contributed by atoms with E-state index in [4.69, 9.17) is 9.84 Å². The Hall–Kier alpha value is -2.19. The van der Waals surface area contributed by atoms with Crippen LogP contribution in [0.5, 0.6) is 0 Å². The summed E-state index contributed by atoms with van der Waals surface area (Å²) in [6, 6.07) is 3.49. The van der Waals surface area contributed by atoms with Gasteiger partial charge in [0.1, 0.15) is 5.82 Å². The number of methoxy groups -OCH3 is 1. The lowest BCUT2D eigenvalue weighted by Crippen LogP contribution is -2.35. The summed E-state index contributed by atoms with van der Waals surface area (Å²) in [4.78, 5) is 30.3. The molecule has 0 spiro atoms. The zero-order chi connectivity index (χ0) is 16.5. The molecule has 0 bridgehead atoms. The molecule has 1 rings (SSSR count). The first-order valence-corrected chi connectivity index (χ1v) is 6.71. The van der Waals surface area contributed by atoms with Crippen molar-refractivity contribution >= 4 is 17.8 Å². The minimum Gasteiger partial charge on any atom is -0.422 e. The molecule has 22 heavy (non-hydrogen) atoms. The number of hydrogen-bond donors (Lipinski definition) is 1. The number of aromatic nitrogens is 1. The zero-order valence-electron chi connectivity index (χ0n) is 13.0. The van der Waals surface area contributed by atoms with Crippen LogP contribution < -0.4 is 4.90 Å². The van der Waals surface area contributed by atoms with Gasteiger partial charge >= 0.3 is 6.09 Å². The van der Waals surface area contributed by atoms with Gasteiger partial charge in [-0.25, -0.2) is 9.78 Å². The van der Waals surface area contributed by atoms with Crippen molar-refractivity contribution in [3.63, 3.8) is 0 Å². The zero-order valence-corrected chi connectivity index (χ0v) is 13.0. The largest absolute Gasteiger partial charge is 0.422 e. The van der Waals surface area contributed by atoms with Gasteiger partial charge in [-0.15, -0.1) is 0 Å². The van der Waals surface area contributed by atoms with E-state index in [0.717, 1.165) is 0 Å². The molecule has 0 aliphatic carbocycles. The van der Waals surface area contributed by atoms with E-state index < -0.39 is 12.9 Å². The van der Waals surface area contributed by atoms with E-state index in [1.807, 2.05) is 0 Å². The number of ether oxygens (including phenoxy) is 2. The average molecular weight is 311 g/mol. The number of aliphatic hydroxyl groups excluding tert-OH is 1. The van der Waals surface area contributed by atoms with Gasteiger partial charge in [-0.2, -0.15) is 0 Å². The van der Waals surface area contributed by atoms with Gasteiger partial charge in [0, 0.05) is 39.4 Å². The van der Waals surface area contributed by atoms with Crippen LogP contribution in [0.4, 0.5) is 10.6 Å². The number of amides is 2. The van der Waals surface area contributed by atoms with Crippen LogP contribution in [0.1, 0.15) is 12.5 Å². The summed E-state index contributed by atoms with van der Waals surface area (Å²) in [6.45, 7) is 1.52. The molecular formula is C14H21N3O5. The molecule has 1 N–H and O–H groups in total. The molecule has 0 aliphatic rings. The highest BCUT2D eigenvalue weighted by Crippen LogP contribution is 2.18. The predicted molar refractivity (Wildman–Crippen MR) is 79.2 cm³/mol. The third kappa shape index (κ3) is 4.97. The quantitative estimate of drug-likeness (QED) is 0.741. The van der Waals surface area contributed by atoms with E-state index in [1.165, 1.54) is 23.8 Å². The van der Waals surface area contributed by atoms with Crippen LogP contribution in [0.15, 0.2) is 18.3 Å². The van der Waals surface area contributed by atoms with Crippen LogP contribution in [0.3, 0.4) is 0 Å². The Kier molecular flexibility index (Phi) is 7.27. The van der Waals surface area contributed by atoms with Gasteiger partial charge in [0.2, 0.25) is 5.91 Å². The monoisotopic (exact) mass is 311 g/mol. The normalized spacial score (nSPS) is 10.2. The molecule has 2 amide bonds. The van der Waals surface area contributed by atoms with Gasteiger partial charge in [-0.3, -0.25) is 9.69 Å². The van der Waals surface area contributed by atoms with E-state index >= 15 is 0 Å². The molecule has 1 aromatic heterocycles. The molecular weight excluding hydrogens is 290 g/mol. The van der Waals surface area contributed by atoms with Crippen molar-refractivity contribution in [3.05, 3.63) is 23.9 Å². The van der Waals surface area contributed by atoms with Crippen molar-refractivity contribution in [1.29, 1.82) is 0 Å². The second kappa shape index (κ2) is 8.96. The fourth-order valence-electron chi connectivity index (χ4n) is 1.79.